The lowest BCUT2D eigenvalue weighted by atomic mass is 10.1. The minimum absolute atomic E-state index is 0.175. The normalized spacial score (nSPS) is 13.7. The Morgan fingerprint density at radius 2 is 2.03 bits per heavy atom. The Hall–Kier alpha value is -3.24. The molecule has 10 heteroatoms. The molecule has 0 aliphatic carbocycles. The summed E-state index contributed by atoms with van der Waals surface area (Å²) < 4.78 is 6.51. The second-order valence-corrected chi connectivity index (χ2v) is 9.33. The third-order valence-electron chi connectivity index (χ3n) is 5.69. The molecule has 5 N–H and O–H groups in total. The first kappa shape index (κ1) is 23.9. The Labute approximate surface area is 202 Å². The zero-order valence-corrected chi connectivity index (χ0v) is 20.2. The molecule has 0 unspecified atom stereocenters. The van der Waals surface area contributed by atoms with Crippen LogP contribution in [0.1, 0.15) is 39.0 Å². The van der Waals surface area contributed by atoms with Gasteiger partial charge in [0.05, 0.1) is 40.1 Å². The van der Waals surface area contributed by atoms with Gasteiger partial charge in [0, 0.05) is 30.5 Å². The Kier molecular flexibility index (Phi) is 7.91. The van der Waals surface area contributed by atoms with E-state index in [1.807, 2.05) is 30.5 Å². The quantitative estimate of drug-likeness (QED) is 0.338. The molecule has 5 rings (SSSR count). The first-order valence-electron chi connectivity index (χ1n) is 11.7. The summed E-state index contributed by atoms with van der Waals surface area (Å²) in [6, 6.07) is 7.93. The van der Waals surface area contributed by atoms with E-state index in [2.05, 4.69) is 22.0 Å². The molecule has 1 saturated heterocycles. The maximum atomic E-state index is 10.2. The summed E-state index contributed by atoms with van der Waals surface area (Å²) in [4.78, 5) is 22.1. The molecular weight excluding hydrogens is 450 g/mol. The van der Waals surface area contributed by atoms with Crippen LogP contribution in [0.15, 0.2) is 30.5 Å². The van der Waals surface area contributed by atoms with Gasteiger partial charge in [0.25, 0.3) is 0 Å². The van der Waals surface area contributed by atoms with Gasteiger partial charge in [-0.2, -0.15) is 5.10 Å². The summed E-state index contributed by atoms with van der Waals surface area (Å²) in [7, 11) is 0. The van der Waals surface area contributed by atoms with Crippen molar-refractivity contribution in [2.24, 2.45) is 5.73 Å². The van der Waals surface area contributed by atoms with Crippen molar-refractivity contribution in [2.45, 2.75) is 39.0 Å². The van der Waals surface area contributed by atoms with Gasteiger partial charge in [0.15, 0.2) is 11.6 Å². The van der Waals surface area contributed by atoms with Gasteiger partial charge in [-0.05, 0) is 18.6 Å². The molecule has 0 atom stereocenters. The number of thiophene rings is 1. The van der Waals surface area contributed by atoms with E-state index in [9.17, 15) is 4.79 Å². The lowest BCUT2D eigenvalue weighted by Gasteiger charge is -2.28. The van der Waals surface area contributed by atoms with Gasteiger partial charge in [-0.1, -0.05) is 38.3 Å². The Morgan fingerprint density at radius 1 is 1.21 bits per heavy atom. The number of benzene rings is 1. The number of nitrogens with one attached hydrogen (secondary N) is 1. The van der Waals surface area contributed by atoms with E-state index >= 15 is 0 Å². The number of ether oxygens (including phenoxy) is 1. The minimum atomic E-state index is -0.175. The summed E-state index contributed by atoms with van der Waals surface area (Å²) in [5.74, 6) is 1.45. The van der Waals surface area contributed by atoms with E-state index in [0.717, 1.165) is 63.4 Å². The average Bonchev–Trinajstić information content (AvgIpc) is 3.47. The molecule has 3 aromatic heterocycles. The number of nitrogens with zero attached hydrogens (tertiary/aromatic N) is 4. The molecule has 180 valence electrons. The molecule has 4 heterocycles. The highest BCUT2D eigenvalue weighted by Gasteiger charge is 2.20. The molecule has 0 bridgehead atoms. The molecular formula is C24H31N7O2S. The number of fused-ring (bicyclic) bond motifs is 2. The molecule has 1 aromatic carbocycles. The van der Waals surface area contributed by atoms with E-state index in [1.165, 1.54) is 24.2 Å². The van der Waals surface area contributed by atoms with E-state index in [4.69, 9.17) is 26.2 Å². The standard InChI is InChI=1S/C17H16N6OS.C7H15NO/c18-14-8-13-15(25-14)17(23-4-6-24-7-5-23)21-16(20-13)10-2-1-3-12-11(10)9-19-22-12;1-2-3-4-5-6-7(8)9/h1-3,8-9H,4-7,18H2,(H,19,22);2-6H2,1H3,(H2,8,9). The van der Waals surface area contributed by atoms with Crippen molar-refractivity contribution >= 4 is 49.2 Å². The number of rotatable bonds is 7. The number of morpholine rings is 1. The Bertz CT molecular complexity index is 1250. The number of aromatic amines is 1. The van der Waals surface area contributed by atoms with Crippen LogP contribution < -0.4 is 16.4 Å². The number of primary amides is 1. The second kappa shape index (κ2) is 11.3. The van der Waals surface area contributed by atoms with Gasteiger partial charge in [0.2, 0.25) is 5.91 Å². The molecule has 9 nitrogen and oxygen atoms in total. The van der Waals surface area contributed by atoms with Crippen molar-refractivity contribution in [1.29, 1.82) is 0 Å². The molecule has 0 saturated carbocycles. The first-order chi connectivity index (χ1) is 16.6. The van der Waals surface area contributed by atoms with Crippen molar-refractivity contribution in [3.63, 3.8) is 0 Å². The van der Waals surface area contributed by atoms with Gasteiger partial charge in [-0.25, -0.2) is 9.97 Å². The van der Waals surface area contributed by atoms with Gasteiger partial charge >= 0.3 is 0 Å². The lowest BCUT2D eigenvalue weighted by molar-refractivity contribution is -0.118. The Morgan fingerprint density at radius 3 is 2.79 bits per heavy atom. The summed E-state index contributed by atoms with van der Waals surface area (Å²) in [6.07, 6.45) is 6.89. The summed E-state index contributed by atoms with van der Waals surface area (Å²) >= 11 is 1.53. The molecule has 0 radical (unpaired) electrons. The number of nitrogen functional groups attached to an aromatic ring is 1. The van der Waals surface area contributed by atoms with Crippen molar-refractivity contribution in [1.82, 2.24) is 20.2 Å². The van der Waals surface area contributed by atoms with Gasteiger partial charge in [-0.3, -0.25) is 9.89 Å². The van der Waals surface area contributed by atoms with Crippen LogP contribution in [-0.4, -0.2) is 52.4 Å². The number of nitrogens with two attached hydrogens (primary N) is 2. The lowest BCUT2D eigenvalue weighted by Crippen LogP contribution is -2.36. The molecule has 1 fully saturated rings. The number of H-pyrrole nitrogens is 1. The first-order valence-corrected chi connectivity index (χ1v) is 12.5. The second-order valence-electron chi connectivity index (χ2n) is 8.25. The third kappa shape index (κ3) is 5.63. The van der Waals surface area contributed by atoms with Crippen molar-refractivity contribution in [2.75, 3.05) is 36.9 Å². The average molecular weight is 482 g/mol. The van der Waals surface area contributed by atoms with E-state index in [1.54, 1.807) is 0 Å². The van der Waals surface area contributed by atoms with Gasteiger partial charge in [0.1, 0.15) is 0 Å². The van der Waals surface area contributed by atoms with Crippen molar-refractivity contribution < 1.29 is 9.53 Å². The Balaban J connectivity index is 0.000000262. The number of carbonyl (C=O) groups excluding carboxylic acids is 1. The van der Waals surface area contributed by atoms with Crippen LogP contribution in [0.3, 0.4) is 0 Å². The molecule has 4 aromatic rings. The summed E-state index contributed by atoms with van der Waals surface area (Å²) in [6.45, 7) is 5.20. The van der Waals surface area contributed by atoms with Crippen LogP contribution in [-0.2, 0) is 9.53 Å². The fourth-order valence-electron chi connectivity index (χ4n) is 3.93. The largest absolute Gasteiger partial charge is 0.391 e. The third-order valence-corrected chi connectivity index (χ3v) is 6.64. The van der Waals surface area contributed by atoms with Gasteiger partial charge < -0.3 is 21.1 Å². The van der Waals surface area contributed by atoms with Crippen molar-refractivity contribution in [3.8, 4) is 11.4 Å². The highest BCUT2D eigenvalue weighted by Crippen LogP contribution is 2.36. The van der Waals surface area contributed by atoms with Crippen LogP contribution >= 0.6 is 11.3 Å². The van der Waals surface area contributed by atoms with Crippen LogP contribution in [0.5, 0.6) is 0 Å². The van der Waals surface area contributed by atoms with Crippen LogP contribution in [0.4, 0.5) is 10.8 Å². The number of amides is 1. The fraction of sp³-hybridized carbons (Fsp3) is 0.417. The topological polar surface area (TPSA) is 136 Å². The molecule has 34 heavy (non-hydrogen) atoms. The van der Waals surface area contributed by atoms with Crippen molar-refractivity contribution in [3.05, 3.63) is 30.5 Å². The van der Waals surface area contributed by atoms with Gasteiger partial charge in [-0.15, -0.1) is 11.3 Å². The van der Waals surface area contributed by atoms with Crippen LogP contribution in [0, 0.1) is 0 Å². The van der Waals surface area contributed by atoms with E-state index in [0.29, 0.717) is 25.5 Å². The monoisotopic (exact) mass is 481 g/mol. The number of hydrogen-bond acceptors (Lipinski definition) is 8. The highest BCUT2D eigenvalue weighted by atomic mass is 32.1. The molecule has 1 aliphatic rings. The van der Waals surface area contributed by atoms with Crippen LogP contribution in [0.25, 0.3) is 32.5 Å². The molecule has 0 spiro atoms. The zero-order chi connectivity index (χ0) is 23.9. The number of hydrogen-bond donors (Lipinski definition) is 3. The smallest absolute Gasteiger partial charge is 0.217 e. The van der Waals surface area contributed by atoms with E-state index in [-0.39, 0.29) is 5.91 Å². The zero-order valence-electron chi connectivity index (χ0n) is 19.4. The predicted octanol–water partition coefficient (Wildman–Crippen LogP) is 4.10. The predicted molar refractivity (Wildman–Crippen MR) is 138 cm³/mol. The maximum Gasteiger partial charge on any atom is 0.217 e. The summed E-state index contributed by atoms with van der Waals surface area (Å²) in [5, 5.41) is 8.90. The highest BCUT2D eigenvalue weighted by molar-refractivity contribution is 7.23. The molecule has 1 amide bonds. The number of carbonyl (C=O) groups is 1. The SMILES string of the molecule is CCCCCCC(N)=O.Nc1cc2nc(-c3cccc4[nH]ncc34)nc(N3CCOCC3)c2s1. The number of anilines is 2. The minimum Gasteiger partial charge on any atom is -0.391 e. The fourth-order valence-corrected chi connectivity index (χ4v) is 4.81. The maximum absolute atomic E-state index is 10.2. The number of aromatic nitrogens is 4. The van der Waals surface area contributed by atoms with E-state index < -0.39 is 0 Å². The van der Waals surface area contributed by atoms with Crippen LogP contribution in [0.2, 0.25) is 0 Å². The number of unbranched alkanes of at least 4 members (excludes halogenated alkanes) is 3. The molecule has 1 aliphatic heterocycles. The summed E-state index contributed by atoms with van der Waals surface area (Å²) in [5.41, 5.74) is 13.8.